The summed E-state index contributed by atoms with van der Waals surface area (Å²) in [5.41, 5.74) is 5.40. The normalized spacial score (nSPS) is 11.6. The van der Waals surface area contributed by atoms with Crippen molar-refractivity contribution < 1.29 is 9.18 Å². The summed E-state index contributed by atoms with van der Waals surface area (Å²) >= 11 is 0. The minimum Gasteiger partial charge on any atom is -0.308 e. The molecule has 2 N–H and O–H groups in total. The summed E-state index contributed by atoms with van der Waals surface area (Å²) in [5.74, 6) is 0.0724. The van der Waals surface area contributed by atoms with E-state index in [1.54, 1.807) is 21.6 Å². The van der Waals surface area contributed by atoms with Gasteiger partial charge in [-0.2, -0.15) is 10.2 Å². The summed E-state index contributed by atoms with van der Waals surface area (Å²) < 4.78 is 17.4. The van der Waals surface area contributed by atoms with Crippen molar-refractivity contribution in [2.24, 2.45) is 7.05 Å². The molecule has 0 unspecified atom stereocenters. The first kappa shape index (κ1) is 24.2. The Bertz CT molecular complexity index is 1610. The largest absolute Gasteiger partial charge is 0.324 e. The number of urea groups is 1. The maximum atomic E-state index is 14.0. The van der Waals surface area contributed by atoms with Gasteiger partial charge in [-0.15, -0.1) is 0 Å². The number of aryl methyl sites for hydroxylation is 2. The molecule has 37 heavy (non-hydrogen) atoms. The van der Waals surface area contributed by atoms with Gasteiger partial charge in [0.05, 0.1) is 29.3 Å². The van der Waals surface area contributed by atoms with Crippen molar-refractivity contribution >= 4 is 28.4 Å². The molecule has 8 nitrogen and oxygen atoms in total. The van der Waals surface area contributed by atoms with Crippen LogP contribution in [-0.4, -0.2) is 30.6 Å². The molecule has 188 valence electrons. The second-order valence-electron chi connectivity index (χ2n) is 10.1. The third kappa shape index (κ3) is 4.80. The molecule has 0 saturated carbocycles. The highest BCUT2D eigenvalue weighted by atomic mass is 19.1. The number of carbonyl (C=O) groups excluding carboxylic acids is 1. The number of carbonyl (C=O) groups is 1. The van der Waals surface area contributed by atoms with Gasteiger partial charge in [0.1, 0.15) is 11.6 Å². The third-order valence-electron chi connectivity index (χ3n) is 6.25. The fraction of sp³-hybridized carbons (Fsp3) is 0.214. The van der Waals surface area contributed by atoms with Gasteiger partial charge in [-0.25, -0.2) is 13.9 Å². The number of rotatable bonds is 4. The number of fused-ring (bicyclic) bond motifs is 1. The lowest BCUT2D eigenvalue weighted by molar-refractivity contribution is 0.262. The Morgan fingerprint density at radius 2 is 1.73 bits per heavy atom. The van der Waals surface area contributed by atoms with Crippen LogP contribution in [0.5, 0.6) is 0 Å². The highest BCUT2D eigenvalue weighted by molar-refractivity contribution is 6.00. The first-order valence-corrected chi connectivity index (χ1v) is 11.9. The van der Waals surface area contributed by atoms with Crippen LogP contribution in [0.25, 0.3) is 27.7 Å². The van der Waals surface area contributed by atoms with Crippen LogP contribution < -0.4 is 10.6 Å². The molecule has 0 spiro atoms. The van der Waals surface area contributed by atoms with Crippen LogP contribution in [0.1, 0.15) is 32.0 Å². The fourth-order valence-corrected chi connectivity index (χ4v) is 4.13. The predicted octanol–water partition coefficient (Wildman–Crippen LogP) is 6.21. The van der Waals surface area contributed by atoms with Crippen LogP contribution in [0.3, 0.4) is 0 Å². The standard InChI is InChI=1S/C28H28FN7O/c1-17-6-9-19(29)12-23(17)36-26(13-25(34-36)28(2,3)4)33-27(37)32-20-10-7-18(8-11-20)21-14-30-16-24-22(21)15-31-35(24)5/h6-16H,1-5H3,(H2,32,33,37). The maximum absolute atomic E-state index is 14.0. The van der Waals surface area contributed by atoms with Crippen molar-refractivity contribution in [2.45, 2.75) is 33.1 Å². The zero-order valence-electron chi connectivity index (χ0n) is 21.4. The molecule has 0 aliphatic heterocycles. The quantitative estimate of drug-likeness (QED) is 0.309. The van der Waals surface area contributed by atoms with E-state index in [-0.39, 0.29) is 11.2 Å². The van der Waals surface area contributed by atoms with Gasteiger partial charge < -0.3 is 5.32 Å². The molecule has 5 rings (SSSR count). The number of hydrogen-bond donors (Lipinski definition) is 2. The maximum Gasteiger partial charge on any atom is 0.324 e. The highest BCUT2D eigenvalue weighted by Crippen LogP contribution is 2.30. The molecule has 0 radical (unpaired) electrons. The summed E-state index contributed by atoms with van der Waals surface area (Å²) in [6.45, 7) is 7.97. The third-order valence-corrected chi connectivity index (χ3v) is 6.25. The van der Waals surface area contributed by atoms with Crippen molar-refractivity contribution in [1.82, 2.24) is 24.5 Å². The predicted molar refractivity (Wildman–Crippen MR) is 144 cm³/mol. The van der Waals surface area contributed by atoms with Crippen LogP contribution in [0.15, 0.2) is 67.1 Å². The van der Waals surface area contributed by atoms with E-state index in [0.717, 1.165) is 33.3 Å². The Labute approximate surface area is 214 Å². The molecule has 0 saturated heterocycles. The number of amides is 2. The summed E-state index contributed by atoms with van der Waals surface area (Å²) in [6.07, 6.45) is 5.41. The van der Waals surface area contributed by atoms with E-state index in [1.807, 2.05) is 77.5 Å². The average Bonchev–Trinajstić information content (AvgIpc) is 3.45. The van der Waals surface area contributed by atoms with Gasteiger partial charge in [0.25, 0.3) is 0 Å². The minimum atomic E-state index is -0.431. The second-order valence-corrected chi connectivity index (χ2v) is 10.1. The Balaban J connectivity index is 1.39. The van der Waals surface area contributed by atoms with Gasteiger partial charge in [-0.3, -0.25) is 15.0 Å². The summed E-state index contributed by atoms with van der Waals surface area (Å²) in [7, 11) is 1.88. The van der Waals surface area contributed by atoms with Crippen molar-refractivity contribution in [3.8, 4) is 16.8 Å². The number of halogens is 1. The van der Waals surface area contributed by atoms with E-state index in [4.69, 9.17) is 0 Å². The van der Waals surface area contributed by atoms with E-state index in [1.165, 1.54) is 12.1 Å². The fourth-order valence-electron chi connectivity index (χ4n) is 4.13. The number of benzene rings is 2. The highest BCUT2D eigenvalue weighted by Gasteiger charge is 2.22. The monoisotopic (exact) mass is 497 g/mol. The molecule has 0 aliphatic rings. The van der Waals surface area contributed by atoms with Crippen molar-refractivity contribution in [3.63, 3.8) is 0 Å². The molecule has 2 amide bonds. The smallest absolute Gasteiger partial charge is 0.308 e. The second kappa shape index (κ2) is 9.16. The molecule has 3 aromatic heterocycles. The summed E-state index contributed by atoms with van der Waals surface area (Å²) in [4.78, 5) is 17.3. The van der Waals surface area contributed by atoms with Gasteiger partial charge in [-0.05, 0) is 42.3 Å². The molecule has 0 atom stereocenters. The molecule has 5 aromatic rings. The first-order valence-electron chi connectivity index (χ1n) is 11.9. The Morgan fingerprint density at radius 1 is 0.973 bits per heavy atom. The van der Waals surface area contributed by atoms with Gasteiger partial charge in [0.2, 0.25) is 0 Å². The summed E-state index contributed by atoms with van der Waals surface area (Å²) in [6, 6.07) is 13.4. The Hall–Kier alpha value is -4.53. The number of anilines is 2. The molecule has 0 aliphatic carbocycles. The van der Waals surface area contributed by atoms with Crippen molar-refractivity contribution in [1.29, 1.82) is 0 Å². The molecular formula is C28H28FN7O. The molecule has 2 aromatic carbocycles. The van der Waals surface area contributed by atoms with E-state index < -0.39 is 6.03 Å². The lowest BCUT2D eigenvalue weighted by Crippen LogP contribution is -2.21. The van der Waals surface area contributed by atoms with Crippen LogP contribution in [0, 0.1) is 12.7 Å². The van der Waals surface area contributed by atoms with Crippen LogP contribution in [0.4, 0.5) is 20.7 Å². The van der Waals surface area contributed by atoms with E-state index in [2.05, 4.69) is 25.8 Å². The van der Waals surface area contributed by atoms with Crippen LogP contribution >= 0.6 is 0 Å². The van der Waals surface area contributed by atoms with Gasteiger partial charge >= 0.3 is 6.03 Å². The molecule has 0 fully saturated rings. The minimum absolute atomic E-state index is 0.263. The molecule has 9 heteroatoms. The van der Waals surface area contributed by atoms with Gasteiger partial charge in [0, 0.05) is 41.4 Å². The topological polar surface area (TPSA) is 89.7 Å². The number of nitrogens with zero attached hydrogens (tertiary/aromatic N) is 5. The SMILES string of the molecule is Cc1ccc(F)cc1-n1nc(C(C)(C)C)cc1NC(=O)Nc1ccc(-c2cncc3c2cnn3C)cc1. The van der Waals surface area contributed by atoms with Crippen LogP contribution in [0.2, 0.25) is 0 Å². The lowest BCUT2D eigenvalue weighted by atomic mass is 9.92. The average molecular weight is 498 g/mol. The van der Waals surface area contributed by atoms with Crippen molar-refractivity contribution in [3.05, 3.63) is 84.2 Å². The van der Waals surface area contributed by atoms with Crippen LogP contribution in [-0.2, 0) is 12.5 Å². The first-order chi connectivity index (χ1) is 17.6. The number of nitrogens with one attached hydrogen (secondary N) is 2. The Kier molecular flexibility index (Phi) is 5.99. The number of pyridine rings is 1. The zero-order valence-corrected chi connectivity index (χ0v) is 21.4. The molecule has 0 bridgehead atoms. The Morgan fingerprint density at radius 3 is 2.46 bits per heavy atom. The number of hydrogen-bond acceptors (Lipinski definition) is 4. The van der Waals surface area contributed by atoms with E-state index >= 15 is 0 Å². The van der Waals surface area contributed by atoms with E-state index in [9.17, 15) is 9.18 Å². The lowest BCUT2D eigenvalue weighted by Gasteiger charge is -2.14. The van der Waals surface area contributed by atoms with Crippen molar-refractivity contribution in [2.75, 3.05) is 10.6 Å². The zero-order chi connectivity index (χ0) is 26.3. The van der Waals surface area contributed by atoms with Gasteiger partial charge in [-0.1, -0.05) is 39.0 Å². The molecular weight excluding hydrogens is 469 g/mol. The molecule has 3 heterocycles. The number of aromatic nitrogens is 5. The summed E-state index contributed by atoms with van der Waals surface area (Å²) in [5, 5.41) is 15.7. The van der Waals surface area contributed by atoms with E-state index in [0.29, 0.717) is 17.2 Å². The van der Waals surface area contributed by atoms with Gasteiger partial charge in [0.15, 0.2) is 0 Å².